The molecule has 22 heavy (non-hydrogen) atoms. The van der Waals surface area contributed by atoms with Crippen LogP contribution in [0.3, 0.4) is 0 Å². The van der Waals surface area contributed by atoms with Gasteiger partial charge >= 0.3 is 0 Å². The minimum absolute atomic E-state index is 0.0512. The second-order valence-electron chi connectivity index (χ2n) is 8.90. The lowest BCUT2D eigenvalue weighted by molar-refractivity contribution is -0.111. The van der Waals surface area contributed by atoms with E-state index in [0.717, 1.165) is 55.8 Å². The standard InChI is InChI=1S/C20H30O2/c1-3-20(22)11-9-18-17-6-4-13-12-14(21)5-7-15(13)16(17)8-10-19(18,20)2/h1,13-18,21-22H,4-12H2,2H3/t13-,14-,15+,16+,17-,18-,19-,20+/m1/s1. The molecule has 0 aliphatic heterocycles. The molecule has 122 valence electrons. The minimum Gasteiger partial charge on any atom is -0.393 e. The average Bonchev–Trinajstić information content (AvgIpc) is 2.79. The second kappa shape index (κ2) is 4.99. The highest BCUT2D eigenvalue weighted by Gasteiger charge is 2.62. The summed E-state index contributed by atoms with van der Waals surface area (Å²) in [5, 5.41) is 20.9. The van der Waals surface area contributed by atoms with E-state index in [1.54, 1.807) is 0 Å². The molecule has 0 aromatic rings. The Hall–Kier alpha value is -0.520. The first kappa shape index (κ1) is 15.0. The van der Waals surface area contributed by atoms with Gasteiger partial charge in [-0.05, 0) is 87.4 Å². The molecule has 4 aliphatic rings. The molecule has 0 unspecified atom stereocenters. The van der Waals surface area contributed by atoms with E-state index < -0.39 is 5.60 Å². The molecule has 4 fully saturated rings. The lowest BCUT2D eigenvalue weighted by atomic mass is 9.49. The summed E-state index contributed by atoms with van der Waals surface area (Å²) in [5.74, 6) is 6.53. The topological polar surface area (TPSA) is 40.5 Å². The van der Waals surface area contributed by atoms with Crippen molar-refractivity contribution in [3.8, 4) is 12.3 Å². The van der Waals surface area contributed by atoms with Crippen molar-refractivity contribution in [2.45, 2.75) is 76.4 Å². The van der Waals surface area contributed by atoms with Gasteiger partial charge < -0.3 is 10.2 Å². The van der Waals surface area contributed by atoms with E-state index in [9.17, 15) is 10.2 Å². The van der Waals surface area contributed by atoms with Crippen molar-refractivity contribution in [2.24, 2.45) is 35.0 Å². The maximum atomic E-state index is 10.9. The van der Waals surface area contributed by atoms with Crippen molar-refractivity contribution in [3.05, 3.63) is 0 Å². The normalized spacial score (nSPS) is 57.4. The van der Waals surface area contributed by atoms with Crippen LogP contribution >= 0.6 is 0 Å². The molecule has 2 heteroatoms. The molecule has 0 amide bonds. The molecule has 0 aromatic heterocycles. The first-order valence-electron chi connectivity index (χ1n) is 9.37. The van der Waals surface area contributed by atoms with Crippen molar-refractivity contribution >= 4 is 0 Å². The van der Waals surface area contributed by atoms with Gasteiger partial charge in [-0.15, -0.1) is 6.42 Å². The Morgan fingerprint density at radius 3 is 2.50 bits per heavy atom. The van der Waals surface area contributed by atoms with Crippen molar-refractivity contribution in [3.63, 3.8) is 0 Å². The van der Waals surface area contributed by atoms with Gasteiger partial charge in [-0.1, -0.05) is 12.8 Å². The smallest absolute Gasteiger partial charge is 0.130 e. The molecule has 4 rings (SSSR count). The van der Waals surface area contributed by atoms with Gasteiger partial charge in [0.25, 0.3) is 0 Å². The molecule has 2 N–H and O–H groups in total. The fourth-order valence-corrected chi connectivity index (χ4v) is 7.08. The van der Waals surface area contributed by atoms with Gasteiger partial charge in [0.1, 0.15) is 5.60 Å². The number of hydrogen-bond donors (Lipinski definition) is 2. The molecule has 2 nitrogen and oxygen atoms in total. The van der Waals surface area contributed by atoms with Gasteiger partial charge in [-0.25, -0.2) is 0 Å². The van der Waals surface area contributed by atoms with Crippen LogP contribution in [-0.4, -0.2) is 21.9 Å². The molecule has 8 atom stereocenters. The van der Waals surface area contributed by atoms with E-state index in [4.69, 9.17) is 6.42 Å². The maximum absolute atomic E-state index is 10.9. The fraction of sp³-hybridized carbons (Fsp3) is 0.900. The fourth-order valence-electron chi connectivity index (χ4n) is 7.08. The van der Waals surface area contributed by atoms with E-state index in [1.807, 2.05) is 0 Å². The number of rotatable bonds is 0. The zero-order valence-corrected chi connectivity index (χ0v) is 13.8. The number of fused-ring (bicyclic) bond motifs is 5. The zero-order chi connectivity index (χ0) is 15.5. The third kappa shape index (κ3) is 1.88. The van der Waals surface area contributed by atoms with E-state index in [0.29, 0.717) is 5.92 Å². The van der Waals surface area contributed by atoms with Crippen LogP contribution in [0.5, 0.6) is 0 Å². The highest BCUT2D eigenvalue weighted by atomic mass is 16.3. The first-order valence-corrected chi connectivity index (χ1v) is 9.37. The van der Waals surface area contributed by atoms with Crippen LogP contribution in [0.15, 0.2) is 0 Å². The Kier molecular flexibility index (Phi) is 3.41. The van der Waals surface area contributed by atoms with Crippen LogP contribution < -0.4 is 0 Å². The Bertz CT molecular complexity index is 494. The summed E-state index contributed by atoms with van der Waals surface area (Å²) in [6.45, 7) is 2.26. The Morgan fingerprint density at radius 2 is 1.73 bits per heavy atom. The molecule has 0 spiro atoms. The molecule has 0 heterocycles. The van der Waals surface area contributed by atoms with Crippen LogP contribution in [0.1, 0.15) is 64.7 Å². The Balaban J connectivity index is 1.60. The van der Waals surface area contributed by atoms with Gasteiger partial charge in [-0.2, -0.15) is 0 Å². The molecule has 0 aromatic carbocycles. The van der Waals surface area contributed by atoms with Crippen LogP contribution in [-0.2, 0) is 0 Å². The van der Waals surface area contributed by atoms with Crippen LogP contribution in [0.4, 0.5) is 0 Å². The largest absolute Gasteiger partial charge is 0.393 e. The van der Waals surface area contributed by atoms with Crippen molar-refractivity contribution in [1.82, 2.24) is 0 Å². The number of aliphatic hydroxyl groups is 2. The van der Waals surface area contributed by atoms with Gasteiger partial charge in [0.2, 0.25) is 0 Å². The maximum Gasteiger partial charge on any atom is 0.130 e. The predicted molar refractivity (Wildman–Crippen MR) is 86.9 cm³/mol. The third-order valence-corrected chi connectivity index (χ3v) is 8.32. The summed E-state index contributed by atoms with van der Waals surface area (Å²) < 4.78 is 0. The second-order valence-corrected chi connectivity index (χ2v) is 8.90. The average molecular weight is 302 g/mol. The Labute approximate surface area is 134 Å². The SMILES string of the molecule is C#C[C@]1(O)CC[C@@H]2[C@@H]3CC[C@@H]4C[C@H](O)CC[C@@H]4[C@@H]3CC[C@]21C. The van der Waals surface area contributed by atoms with E-state index in [1.165, 1.54) is 25.7 Å². The summed E-state index contributed by atoms with van der Waals surface area (Å²) in [4.78, 5) is 0. The molecular weight excluding hydrogens is 272 g/mol. The molecule has 0 bridgehead atoms. The van der Waals surface area contributed by atoms with Gasteiger partial charge in [0, 0.05) is 5.41 Å². The highest BCUT2D eigenvalue weighted by Crippen LogP contribution is 2.65. The van der Waals surface area contributed by atoms with Gasteiger partial charge in [-0.3, -0.25) is 0 Å². The summed E-state index contributed by atoms with van der Waals surface area (Å²) >= 11 is 0. The van der Waals surface area contributed by atoms with Crippen LogP contribution in [0, 0.1) is 47.3 Å². The molecule has 0 saturated heterocycles. The number of aliphatic hydroxyl groups excluding tert-OH is 1. The third-order valence-electron chi connectivity index (χ3n) is 8.32. The van der Waals surface area contributed by atoms with Crippen molar-refractivity contribution < 1.29 is 10.2 Å². The van der Waals surface area contributed by atoms with Crippen molar-refractivity contribution in [2.75, 3.05) is 0 Å². The molecule has 0 radical (unpaired) electrons. The number of terminal acetylenes is 1. The van der Waals surface area contributed by atoms with Gasteiger partial charge in [0.05, 0.1) is 6.10 Å². The lowest BCUT2D eigenvalue weighted by Gasteiger charge is -2.56. The Morgan fingerprint density at radius 1 is 0.955 bits per heavy atom. The summed E-state index contributed by atoms with van der Waals surface area (Å²) in [6, 6.07) is 0. The first-order chi connectivity index (χ1) is 10.5. The van der Waals surface area contributed by atoms with Gasteiger partial charge in [0.15, 0.2) is 0 Å². The summed E-state index contributed by atoms with van der Waals surface area (Å²) in [7, 11) is 0. The highest BCUT2D eigenvalue weighted by molar-refractivity contribution is 5.23. The summed E-state index contributed by atoms with van der Waals surface area (Å²) in [5.41, 5.74) is -0.938. The van der Waals surface area contributed by atoms with Crippen LogP contribution in [0.2, 0.25) is 0 Å². The number of hydrogen-bond acceptors (Lipinski definition) is 2. The van der Waals surface area contributed by atoms with E-state index in [2.05, 4.69) is 12.8 Å². The zero-order valence-electron chi connectivity index (χ0n) is 13.8. The predicted octanol–water partition coefficient (Wildman–Crippen LogP) is 3.36. The quantitative estimate of drug-likeness (QED) is 0.674. The molecular formula is C20H30O2. The molecule has 4 aliphatic carbocycles. The lowest BCUT2D eigenvalue weighted by Crippen LogP contribution is -2.53. The van der Waals surface area contributed by atoms with E-state index >= 15 is 0 Å². The summed E-state index contributed by atoms with van der Waals surface area (Å²) in [6.07, 6.45) is 15.7. The minimum atomic E-state index is -0.873. The van der Waals surface area contributed by atoms with Crippen LogP contribution in [0.25, 0.3) is 0 Å². The van der Waals surface area contributed by atoms with Crippen molar-refractivity contribution in [1.29, 1.82) is 0 Å². The van der Waals surface area contributed by atoms with E-state index in [-0.39, 0.29) is 11.5 Å². The molecule has 4 saturated carbocycles. The monoisotopic (exact) mass is 302 g/mol.